The Morgan fingerprint density at radius 3 is 2.87 bits per heavy atom. The van der Waals surface area contributed by atoms with Crippen molar-refractivity contribution in [3.63, 3.8) is 0 Å². The van der Waals surface area contributed by atoms with E-state index in [0.717, 1.165) is 18.0 Å². The summed E-state index contributed by atoms with van der Waals surface area (Å²) in [5.74, 6) is 1.13. The molecule has 86 valence electrons. The van der Waals surface area contributed by atoms with Gasteiger partial charge in [-0.25, -0.2) is 4.98 Å². The van der Waals surface area contributed by atoms with Crippen molar-refractivity contribution < 1.29 is 0 Å². The van der Waals surface area contributed by atoms with Crippen LogP contribution in [0.2, 0.25) is 0 Å². The number of thiazole rings is 1. The van der Waals surface area contributed by atoms with Gasteiger partial charge in [-0.3, -0.25) is 0 Å². The highest BCUT2D eigenvalue weighted by atomic mass is 32.2. The first-order valence-electron chi connectivity index (χ1n) is 5.54. The Morgan fingerprint density at radius 2 is 2.33 bits per heavy atom. The average molecular weight is 244 g/mol. The molecule has 0 saturated heterocycles. The van der Waals surface area contributed by atoms with Crippen LogP contribution in [0.15, 0.2) is 9.72 Å². The summed E-state index contributed by atoms with van der Waals surface area (Å²) >= 11 is 3.62. The van der Waals surface area contributed by atoms with Crippen LogP contribution in [0.4, 0.5) is 0 Å². The highest BCUT2D eigenvalue weighted by Crippen LogP contribution is 2.23. The standard InChI is InChI=1S/C11H20N2S2/c1-4-6-12-10(5-2)8-15-11-13-9(3)7-14-11/h7,10,12H,4-6,8H2,1-3H3. The molecule has 0 amide bonds. The number of aromatic nitrogens is 1. The topological polar surface area (TPSA) is 24.9 Å². The van der Waals surface area contributed by atoms with E-state index < -0.39 is 0 Å². The molecule has 1 N–H and O–H groups in total. The summed E-state index contributed by atoms with van der Waals surface area (Å²) in [6.07, 6.45) is 2.40. The van der Waals surface area contributed by atoms with Crippen LogP contribution in [0.25, 0.3) is 0 Å². The van der Waals surface area contributed by atoms with Gasteiger partial charge in [0, 0.05) is 22.9 Å². The average Bonchev–Trinajstić information content (AvgIpc) is 2.65. The maximum atomic E-state index is 4.45. The summed E-state index contributed by atoms with van der Waals surface area (Å²) in [6, 6.07) is 0.624. The first kappa shape index (κ1) is 13.0. The van der Waals surface area contributed by atoms with E-state index in [9.17, 15) is 0 Å². The van der Waals surface area contributed by atoms with Gasteiger partial charge in [0.1, 0.15) is 4.34 Å². The summed E-state index contributed by atoms with van der Waals surface area (Å²) < 4.78 is 1.20. The third kappa shape index (κ3) is 5.00. The van der Waals surface area contributed by atoms with E-state index in [1.165, 1.54) is 17.2 Å². The minimum absolute atomic E-state index is 0.624. The largest absolute Gasteiger partial charge is 0.313 e. The van der Waals surface area contributed by atoms with Crippen LogP contribution in [0, 0.1) is 6.92 Å². The van der Waals surface area contributed by atoms with Crippen LogP contribution < -0.4 is 5.32 Å². The Bertz CT molecular complexity index is 273. The third-order valence-electron chi connectivity index (χ3n) is 2.18. The maximum absolute atomic E-state index is 4.45. The number of hydrogen-bond donors (Lipinski definition) is 1. The second-order valence-electron chi connectivity index (χ2n) is 3.63. The molecule has 0 bridgehead atoms. The van der Waals surface area contributed by atoms with E-state index in [0.29, 0.717) is 6.04 Å². The van der Waals surface area contributed by atoms with Gasteiger partial charge in [-0.15, -0.1) is 11.3 Å². The number of nitrogens with one attached hydrogen (secondary N) is 1. The lowest BCUT2D eigenvalue weighted by molar-refractivity contribution is 0.539. The molecule has 0 aromatic carbocycles. The van der Waals surface area contributed by atoms with Crippen molar-refractivity contribution in [1.29, 1.82) is 0 Å². The molecule has 1 atom stereocenters. The lowest BCUT2D eigenvalue weighted by Crippen LogP contribution is -2.31. The molecule has 1 unspecified atom stereocenters. The Balaban J connectivity index is 2.27. The molecule has 15 heavy (non-hydrogen) atoms. The molecule has 0 fully saturated rings. The quantitative estimate of drug-likeness (QED) is 0.745. The zero-order chi connectivity index (χ0) is 11.1. The Labute approximate surface area is 101 Å². The molecule has 0 aliphatic carbocycles. The van der Waals surface area contributed by atoms with E-state index in [2.05, 4.69) is 29.5 Å². The second-order valence-corrected chi connectivity index (χ2v) is 5.75. The fourth-order valence-corrected chi connectivity index (χ4v) is 3.29. The monoisotopic (exact) mass is 244 g/mol. The molecular formula is C11H20N2S2. The Morgan fingerprint density at radius 1 is 1.53 bits per heavy atom. The SMILES string of the molecule is CCCNC(CC)CSc1nc(C)cs1. The summed E-state index contributed by atoms with van der Waals surface area (Å²) in [4.78, 5) is 4.45. The van der Waals surface area contributed by atoms with Gasteiger partial charge in [-0.05, 0) is 26.3 Å². The predicted molar refractivity (Wildman–Crippen MR) is 69.9 cm³/mol. The van der Waals surface area contributed by atoms with Gasteiger partial charge in [0.2, 0.25) is 0 Å². The smallest absolute Gasteiger partial charge is 0.150 e. The van der Waals surface area contributed by atoms with Gasteiger partial charge >= 0.3 is 0 Å². The molecule has 0 aliphatic rings. The number of thioether (sulfide) groups is 1. The fraction of sp³-hybridized carbons (Fsp3) is 0.727. The zero-order valence-electron chi connectivity index (χ0n) is 9.75. The van der Waals surface area contributed by atoms with Gasteiger partial charge in [-0.2, -0.15) is 0 Å². The molecule has 0 spiro atoms. The van der Waals surface area contributed by atoms with E-state index in [-0.39, 0.29) is 0 Å². The first-order chi connectivity index (χ1) is 7.26. The van der Waals surface area contributed by atoms with Crippen LogP contribution in [0.5, 0.6) is 0 Å². The minimum atomic E-state index is 0.624. The van der Waals surface area contributed by atoms with Crippen LogP contribution in [-0.4, -0.2) is 23.3 Å². The molecule has 1 aromatic heterocycles. The van der Waals surface area contributed by atoms with Gasteiger partial charge in [0.15, 0.2) is 0 Å². The van der Waals surface area contributed by atoms with E-state index in [4.69, 9.17) is 0 Å². The van der Waals surface area contributed by atoms with E-state index in [1.807, 2.05) is 18.7 Å². The normalized spacial score (nSPS) is 13.0. The summed E-state index contributed by atoms with van der Waals surface area (Å²) in [7, 11) is 0. The van der Waals surface area contributed by atoms with Crippen LogP contribution in [0.1, 0.15) is 32.4 Å². The highest BCUT2D eigenvalue weighted by molar-refractivity contribution is 8.01. The van der Waals surface area contributed by atoms with Crippen LogP contribution >= 0.6 is 23.1 Å². The molecular weight excluding hydrogens is 224 g/mol. The number of aryl methyl sites for hydroxylation is 1. The van der Waals surface area contributed by atoms with Crippen molar-refractivity contribution in [3.8, 4) is 0 Å². The number of nitrogens with zero attached hydrogens (tertiary/aromatic N) is 1. The maximum Gasteiger partial charge on any atom is 0.150 e. The predicted octanol–water partition coefficient (Wildman–Crippen LogP) is 3.32. The lowest BCUT2D eigenvalue weighted by Gasteiger charge is -2.14. The summed E-state index contributed by atoms with van der Waals surface area (Å²) in [6.45, 7) is 7.61. The van der Waals surface area contributed by atoms with E-state index in [1.54, 1.807) is 11.3 Å². The fourth-order valence-electron chi connectivity index (χ4n) is 1.24. The molecule has 2 nitrogen and oxygen atoms in total. The van der Waals surface area contributed by atoms with Crippen molar-refractivity contribution in [3.05, 3.63) is 11.1 Å². The number of hydrogen-bond acceptors (Lipinski definition) is 4. The summed E-state index contributed by atoms with van der Waals surface area (Å²) in [5, 5.41) is 5.67. The van der Waals surface area contributed by atoms with Crippen LogP contribution in [0.3, 0.4) is 0 Å². The molecule has 1 aromatic rings. The third-order valence-corrected chi connectivity index (χ3v) is 4.48. The molecule has 1 rings (SSSR count). The molecule has 4 heteroatoms. The number of rotatable bonds is 7. The first-order valence-corrected chi connectivity index (χ1v) is 7.41. The van der Waals surface area contributed by atoms with Crippen molar-refractivity contribution in [1.82, 2.24) is 10.3 Å². The van der Waals surface area contributed by atoms with Gasteiger partial charge in [-0.1, -0.05) is 25.6 Å². The lowest BCUT2D eigenvalue weighted by atomic mass is 10.2. The van der Waals surface area contributed by atoms with Gasteiger partial charge in [0.05, 0.1) is 0 Å². The highest BCUT2D eigenvalue weighted by Gasteiger charge is 2.07. The van der Waals surface area contributed by atoms with Gasteiger partial charge in [0.25, 0.3) is 0 Å². The molecule has 0 aliphatic heterocycles. The zero-order valence-corrected chi connectivity index (χ0v) is 11.4. The van der Waals surface area contributed by atoms with Crippen molar-refractivity contribution >= 4 is 23.1 Å². The molecule has 1 heterocycles. The van der Waals surface area contributed by atoms with Crippen molar-refractivity contribution in [2.75, 3.05) is 12.3 Å². The summed E-state index contributed by atoms with van der Waals surface area (Å²) in [5.41, 5.74) is 1.14. The molecule has 0 saturated carbocycles. The Kier molecular flexibility index (Phi) is 6.29. The van der Waals surface area contributed by atoms with Gasteiger partial charge < -0.3 is 5.32 Å². The minimum Gasteiger partial charge on any atom is -0.313 e. The molecule has 0 radical (unpaired) electrons. The van der Waals surface area contributed by atoms with Crippen molar-refractivity contribution in [2.45, 2.75) is 44.0 Å². The van der Waals surface area contributed by atoms with Crippen LogP contribution in [-0.2, 0) is 0 Å². The Hall–Kier alpha value is -0.0600. The van der Waals surface area contributed by atoms with E-state index >= 15 is 0 Å². The van der Waals surface area contributed by atoms with Crippen molar-refractivity contribution in [2.24, 2.45) is 0 Å². The second kappa shape index (κ2) is 7.25.